The molecule has 33 heavy (non-hydrogen) atoms. The van der Waals surface area contributed by atoms with Crippen molar-refractivity contribution in [3.05, 3.63) is 30.3 Å². The normalized spacial score (nSPS) is 22.3. The Balaban J connectivity index is 1.35. The molecule has 12 nitrogen and oxygen atoms in total. The molecular weight excluding hydrogens is 452 g/mol. The molecule has 0 radical (unpaired) electrons. The van der Waals surface area contributed by atoms with Crippen molar-refractivity contribution in [3.8, 4) is 0 Å². The number of carboxylic acid groups (broad SMARTS) is 1. The molecule has 3 atom stereocenters. The number of carboxylic acids is 1. The van der Waals surface area contributed by atoms with Gasteiger partial charge in [-0.15, -0.1) is 0 Å². The van der Waals surface area contributed by atoms with E-state index in [0.29, 0.717) is 6.42 Å². The number of benzene rings is 1. The van der Waals surface area contributed by atoms with Crippen molar-refractivity contribution >= 4 is 21.9 Å². The number of nitrogens with one attached hydrogen (secondary N) is 6. The molecule has 1 aromatic carbocycles. The number of hydrogen-bond acceptors (Lipinski definition) is 9. The molecule has 1 amide bonds. The number of rotatable bonds is 13. The van der Waals surface area contributed by atoms with E-state index >= 15 is 0 Å². The molecule has 0 aromatic heterocycles. The van der Waals surface area contributed by atoms with Crippen LogP contribution in [-0.4, -0.2) is 76.1 Å². The van der Waals surface area contributed by atoms with Crippen molar-refractivity contribution < 1.29 is 28.0 Å². The van der Waals surface area contributed by atoms with Crippen molar-refractivity contribution in [2.24, 2.45) is 0 Å². The van der Waals surface area contributed by atoms with Crippen molar-refractivity contribution in [2.45, 2.75) is 55.1 Å². The zero-order valence-corrected chi connectivity index (χ0v) is 19.1. The number of carbonyl (C=O) groups is 2. The van der Waals surface area contributed by atoms with Gasteiger partial charge in [0.15, 0.2) is 0 Å². The minimum absolute atomic E-state index is 0.00135. The van der Waals surface area contributed by atoms with Gasteiger partial charge in [0.1, 0.15) is 12.3 Å². The number of aliphatic carboxylic acids is 1. The first-order chi connectivity index (χ1) is 15.8. The lowest BCUT2D eigenvalue weighted by Gasteiger charge is -2.16. The van der Waals surface area contributed by atoms with Crippen LogP contribution in [-0.2, 0) is 24.4 Å². The third kappa shape index (κ3) is 8.30. The predicted molar refractivity (Wildman–Crippen MR) is 119 cm³/mol. The number of hydroxylamine groups is 1. The minimum atomic E-state index is -4.03. The quantitative estimate of drug-likeness (QED) is 0.162. The van der Waals surface area contributed by atoms with Crippen molar-refractivity contribution in [3.63, 3.8) is 0 Å². The number of hydrogen-bond donors (Lipinski definition) is 7. The van der Waals surface area contributed by atoms with Gasteiger partial charge in [0.05, 0.1) is 11.0 Å². The summed E-state index contributed by atoms with van der Waals surface area (Å²) in [4.78, 5) is 29.3. The second kappa shape index (κ2) is 12.4. The molecule has 7 N–H and O–H groups in total. The minimum Gasteiger partial charge on any atom is -0.480 e. The van der Waals surface area contributed by atoms with Crippen molar-refractivity contribution in [1.82, 2.24) is 31.5 Å². The Morgan fingerprint density at radius 1 is 1.18 bits per heavy atom. The van der Waals surface area contributed by atoms with Crippen molar-refractivity contribution in [2.75, 3.05) is 26.2 Å². The summed E-state index contributed by atoms with van der Waals surface area (Å²) in [6.07, 6.45) is 2.67. The molecule has 0 aliphatic carbocycles. The van der Waals surface area contributed by atoms with E-state index in [1.54, 1.807) is 6.07 Å². The summed E-state index contributed by atoms with van der Waals surface area (Å²) >= 11 is 0. The van der Waals surface area contributed by atoms with Gasteiger partial charge < -0.3 is 10.4 Å². The van der Waals surface area contributed by atoms with E-state index in [1.165, 1.54) is 24.3 Å². The Labute approximate surface area is 193 Å². The maximum atomic E-state index is 12.4. The van der Waals surface area contributed by atoms with E-state index in [4.69, 9.17) is 4.84 Å². The predicted octanol–water partition coefficient (Wildman–Crippen LogP) is -1.57. The van der Waals surface area contributed by atoms with Crippen LogP contribution in [0.5, 0.6) is 0 Å². The summed E-state index contributed by atoms with van der Waals surface area (Å²) in [5.41, 5.74) is 2.86. The van der Waals surface area contributed by atoms with Crippen LogP contribution in [0.4, 0.5) is 0 Å². The van der Waals surface area contributed by atoms with E-state index in [-0.39, 0.29) is 42.2 Å². The zero-order chi connectivity index (χ0) is 23.7. The van der Waals surface area contributed by atoms with Crippen LogP contribution in [0, 0.1) is 0 Å². The lowest BCUT2D eigenvalue weighted by atomic mass is 10.0. The topological polar surface area (TPSA) is 170 Å². The van der Waals surface area contributed by atoms with Gasteiger partial charge in [-0.2, -0.15) is 10.2 Å². The van der Waals surface area contributed by atoms with E-state index in [9.17, 15) is 23.1 Å². The Morgan fingerprint density at radius 2 is 1.91 bits per heavy atom. The van der Waals surface area contributed by atoms with E-state index < -0.39 is 22.0 Å². The lowest BCUT2D eigenvalue weighted by molar-refractivity contribution is -0.138. The van der Waals surface area contributed by atoms with Gasteiger partial charge in [0.25, 0.3) is 0 Å². The molecular formula is C20H32N6O6S. The molecule has 2 fully saturated rings. The summed E-state index contributed by atoms with van der Waals surface area (Å²) in [7, 11) is -4.03. The highest BCUT2D eigenvalue weighted by Crippen LogP contribution is 2.17. The van der Waals surface area contributed by atoms with Crippen LogP contribution >= 0.6 is 0 Å². The SMILES string of the molecule is O=C(CC1CC(CCCNC2NCCN2)ON1)NCC(NS(=O)(=O)c1ccccc1)C(=O)O. The van der Waals surface area contributed by atoms with Gasteiger partial charge in [-0.3, -0.25) is 30.4 Å². The number of sulfonamides is 1. The molecule has 1 aromatic rings. The molecule has 3 unspecified atom stereocenters. The molecule has 184 valence electrons. The van der Waals surface area contributed by atoms with E-state index in [0.717, 1.165) is 32.5 Å². The molecule has 2 aliphatic rings. The monoisotopic (exact) mass is 484 g/mol. The van der Waals surface area contributed by atoms with Crippen LogP contribution in [0.1, 0.15) is 25.7 Å². The smallest absolute Gasteiger partial charge is 0.323 e. The Morgan fingerprint density at radius 3 is 2.61 bits per heavy atom. The molecule has 2 aliphatic heterocycles. The summed E-state index contributed by atoms with van der Waals surface area (Å²) in [5.74, 6) is -1.77. The molecule has 2 saturated heterocycles. The fraction of sp³-hybridized carbons (Fsp3) is 0.600. The van der Waals surface area contributed by atoms with Crippen LogP contribution < -0.4 is 31.5 Å². The number of amides is 1. The molecule has 0 saturated carbocycles. The highest BCUT2D eigenvalue weighted by atomic mass is 32.2. The average molecular weight is 485 g/mol. The van der Waals surface area contributed by atoms with Crippen molar-refractivity contribution in [1.29, 1.82) is 0 Å². The number of carbonyl (C=O) groups excluding carboxylic acids is 1. The first-order valence-electron chi connectivity index (χ1n) is 11.0. The van der Waals surface area contributed by atoms with Crippen LogP contribution in [0.25, 0.3) is 0 Å². The Hall–Kier alpha value is -2.13. The second-order valence-electron chi connectivity index (χ2n) is 8.06. The van der Waals surface area contributed by atoms with Crippen LogP contribution in [0.2, 0.25) is 0 Å². The summed E-state index contributed by atoms with van der Waals surface area (Å²) in [6.45, 7) is 2.36. The third-order valence-electron chi connectivity index (χ3n) is 5.41. The molecule has 2 heterocycles. The largest absolute Gasteiger partial charge is 0.480 e. The van der Waals surface area contributed by atoms with E-state index in [2.05, 4.69) is 31.5 Å². The molecule has 0 bridgehead atoms. The molecule has 13 heteroatoms. The van der Waals surface area contributed by atoms with Gasteiger partial charge in [0.2, 0.25) is 15.9 Å². The Kier molecular flexibility index (Phi) is 9.55. The van der Waals surface area contributed by atoms with Gasteiger partial charge >= 0.3 is 5.97 Å². The van der Waals surface area contributed by atoms with Crippen LogP contribution in [0.3, 0.4) is 0 Å². The van der Waals surface area contributed by atoms with Gasteiger partial charge in [-0.1, -0.05) is 18.2 Å². The first-order valence-corrected chi connectivity index (χ1v) is 12.5. The third-order valence-corrected chi connectivity index (χ3v) is 6.89. The molecule has 0 spiro atoms. The highest BCUT2D eigenvalue weighted by molar-refractivity contribution is 7.89. The standard InChI is InChI=1S/C20H32N6O6S/c27-18(12-14-11-15(32-25-14)5-4-8-21-20-22-9-10-23-20)24-13-17(19(28)29)26-33(30,31)16-6-2-1-3-7-16/h1-3,6-7,14-15,17,20-23,25-26H,4-5,8-13H2,(H,24,27)(H,28,29). The van der Waals surface area contributed by atoms with E-state index in [1.807, 2.05) is 0 Å². The summed E-state index contributed by atoms with van der Waals surface area (Å²) in [6, 6.07) is 5.78. The highest BCUT2D eigenvalue weighted by Gasteiger charge is 2.29. The average Bonchev–Trinajstić information content (AvgIpc) is 3.47. The lowest BCUT2D eigenvalue weighted by Crippen LogP contribution is -2.48. The first kappa shape index (κ1) is 25.5. The zero-order valence-electron chi connectivity index (χ0n) is 18.2. The molecule has 3 rings (SSSR count). The Bertz CT molecular complexity index is 880. The summed E-state index contributed by atoms with van der Waals surface area (Å²) in [5, 5.41) is 21.8. The van der Waals surface area contributed by atoms with Gasteiger partial charge in [-0.05, 0) is 37.9 Å². The fourth-order valence-corrected chi connectivity index (χ4v) is 4.89. The maximum absolute atomic E-state index is 12.4. The second-order valence-corrected chi connectivity index (χ2v) is 9.78. The van der Waals surface area contributed by atoms with Gasteiger partial charge in [-0.25, -0.2) is 8.42 Å². The van der Waals surface area contributed by atoms with Gasteiger partial charge in [0, 0.05) is 32.1 Å². The van der Waals surface area contributed by atoms with Crippen LogP contribution in [0.15, 0.2) is 35.2 Å². The summed E-state index contributed by atoms with van der Waals surface area (Å²) < 4.78 is 26.8. The maximum Gasteiger partial charge on any atom is 0.323 e. The fourth-order valence-electron chi connectivity index (χ4n) is 3.68.